The van der Waals surface area contributed by atoms with Gasteiger partial charge in [-0.2, -0.15) is 4.37 Å². The lowest BCUT2D eigenvalue weighted by Crippen LogP contribution is -1.97. The third kappa shape index (κ3) is 1.99. The summed E-state index contributed by atoms with van der Waals surface area (Å²) in [4.78, 5) is 4.41. The van der Waals surface area contributed by atoms with Crippen LogP contribution in [-0.2, 0) is 6.54 Å². The molecule has 3 rings (SSSR count). The first kappa shape index (κ1) is 8.84. The number of nitrogens with zero attached hydrogens (tertiary/aromatic N) is 3. The number of hydrogen-bond acceptors (Lipinski definition) is 6. The van der Waals surface area contributed by atoms with Crippen molar-refractivity contribution in [3.05, 3.63) is 23.8 Å². The van der Waals surface area contributed by atoms with Gasteiger partial charge < -0.3 is 9.84 Å². The summed E-state index contributed by atoms with van der Waals surface area (Å²) in [5.41, 5.74) is 0. The van der Waals surface area contributed by atoms with E-state index in [2.05, 4.69) is 19.8 Å². The van der Waals surface area contributed by atoms with E-state index in [1.807, 2.05) is 6.07 Å². The first-order valence-corrected chi connectivity index (χ1v) is 5.66. The smallest absolute Gasteiger partial charge is 0.202 e. The highest BCUT2D eigenvalue weighted by Gasteiger charge is 2.27. The molecule has 0 bridgehead atoms. The second kappa shape index (κ2) is 3.62. The standard InChI is InChI=1S/C9H10N4OS/c1-2-6(1)8-12-9(15-13-8)10-5-7-3-4-11-14-7/h3-4,6H,1-2,5H2,(H,10,12,13). The lowest BCUT2D eigenvalue weighted by molar-refractivity contribution is 0.388. The number of aromatic nitrogens is 3. The van der Waals surface area contributed by atoms with Crippen molar-refractivity contribution in [1.82, 2.24) is 14.5 Å². The van der Waals surface area contributed by atoms with Crippen LogP contribution in [0.3, 0.4) is 0 Å². The van der Waals surface area contributed by atoms with Crippen LogP contribution in [0.2, 0.25) is 0 Å². The molecule has 0 atom stereocenters. The zero-order valence-electron chi connectivity index (χ0n) is 8.01. The SMILES string of the molecule is c1cc(CNc2nc(C3CC3)ns2)on1. The molecule has 78 valence electrons. The minimum atomic E-state index is 0.610. The van der Waals surface area contributed by atoms with Crippen LogP contribution in [0.15, 0.2) is 16.8 Å². The molecule has 1 aliphatic rings. The van der Waals surface area contributed by atoms with Gasteiger partial charge in [0.1, 0.15) is 5.82 Å². The van der Waals surface area contributed by atoms with E-state index in [0.717, 1.165) is 16.7 Å². The van der Waals surface area contributed by atoms with Gasteiger partial charge in [0.2, 0.25) is 5.13 Å². The summed E-state index contributed by atoms with van der Waals surface area (Å²) in [5, 5.41) is 7.65. The third-order valence-corrected chi connectivity index (χ3v) is 2.98. The Bertz CT molecular complexity index is 435. The number of hydrogen-bond donors (Lipinski definition) is 1. The summed E-state index contributed by atoms with van der Waals surface area (Å²) in [7, 11) is 0. The summed E-state index contributed by atoms with van der Waals surface area (Å²) >= 11 is 1.41. The van der Waals surface area contributed by atoms with Gasteiger partial charge in [0.15, 0.2) is 5.76 Å². The van der Waals surface area contributed by atoms with Crippen LogP contribution >= 0.6 is 11.5 Å². The Kier molecular flexibility index (Phi) is 2.13. The van der Waals surface area contributed by atoms with Gasteiger partial charge in [-0.1, -0.05) is 5.16 Å². The molecule has 2 aromatic rings. The Labute approximate surface area is 90.7 Å². The van der Waals surface area contributed by atoms with E-state index in [1.165, 1.54) is 24.4 Å². The monoisotopic (exact) mass is 222 g/mol. The van der Waals surface area contributed by atoms with Gasteiger partial charge in [0.25, 0.3) is 0 Å². The fourth-order valence-electron chi connectivity index (χ4n) is 1.31. The molecule has 1 saturated carbocycles. The fourth-order valence-corrected chi connectivity index (χ4v) is 1.95. The van der Waals surface area contributed by atoms with Crippen molar-refractivity contribution in [3.63, 3.8) is 0 Å². The lowest BCUT2D eigenvalue weighted by atomic mass is 10.4. The maximum atomic E-state index is 4.97. The Hall–Kier alpha value is -1.43. The van der Waals surface area contributed by atoms with Crippen molar-refractivity contribution in [1.29, 1.82) is 0 Å². The van der Waals surface area contributed by atoms with Crippen LogP contribution in [0.25, 0.3) is 0 Å². The summed E-state index contributed by atoms with van der Waals surface area (Å²) in [6.45, 7) is 0.610. The van der Waals surface area contributed by atoms with E-state index in [0.29, 0.717) is 12.5 Å². The minimum absolute atomic E-state index is 0.610. The van der Waals surface area contributed by atoms with Crippen LogP contribution in [-0.4, -0.2) is 14.5 Å². The normalized spacial score (nSPS) is 15.5. The van der Waals surface area contributed by atoms with Crippen LogP contribution < -0.4 is 5.32 Å². The van der Waals surface area contributed by atoms with Gasteiger partial charge in [-0.3, -0.25) is 0 Å². The fraction of sp³-hybridized carbons (Fsp3) is 0.444. The van der Waals surface area contributed by atoms with Crippen molar-refractivity contribution < 1.29 is 4.52 Å². The highest BCUT2D eigenvalue weighted by Crippen LogP contribution is 2.39. The Balaban J connectivity index is 1.61. The largest absolute Gasteiger partial charge is 0.360 e. The quantitative estimate of drug-likeness (QED) is 0.857. The summed E-state index contributed by atoms with van der Waals surface area (Å²) in [6, 6.07) is 1.83. The molecule has 0 radical (unpaired) electrons. The van der Waals surface area contributed by atoms with E-state index >= 15 is 0 Å². The zero-order chi connectivity index (χ0) is 10.1. The summed E-state index contributed by atoms with van der Waals surface area (Å²) in [5.74, 6) is 2.40. The molecule has 0 aromatic carbocycles. The molecule has 0 amide bonds. The van der Waals surface area contributed by atoms with E-state index in [4.69, 9.17) is 4.52 Å². The van der Waals surface area contributed by atoms with Crippen molar-refractivity contribution in [2.45, 2.75) is 25.3 Å². The van der Waals surface area contributed by atoms with Crippen molar-refractivity contribution in [2.75, 3.05) is 5.32 Å². The number of rotatable bonds is 4. The number of anilines is 1. The predicted molar refractivity (Wildman–Crippen MR) is 55.7 cm³/mol. The second-order valence-electron chi connectivity index (χ2n) is 3.56. The molecule has 2 heterocycles. The Morgan fingerprint density at radius 2 is 2.47 bits per heavy atom. The molecular weight excluding hydrogens is 212 g/mol. The molecule has 1 fully saturated rings. The number of nitrogens with one attached hydrogen (secondary N) is 1. The molecule has 0 unspecified atom stereocenters. The van der Waals surface area contributed by atoms with Gasteiger partial charge in [0, 0.05) is 23.5 Å². The third-order valence-electron chi connectivity index (χ3n) is 2.29. The minimum Gasteiger partial charge on any atom is -0.360 e. The molecule has 2 aromatic heterocycles. The van der Waals surface area contributed by atoms with Gasteiger partial charge in [-0.15, -0.1) is 0 Å². The topological polar surface area (TPSA) is 63.8 Å². The zero-order valence-corrected chi connectivity index (χ0v) is 8.83. The lowest BCUT2D eigenvalue weighted by Gasteiger charge is -1.95. The average molecular weight is 222 g/mol. The molecule has 1 N–H and O–H groups in total. The van der Waals surface area contributed by atoms with E-state index in [-0.39, 0.29) is 0 Å². The molecule has 1 aliphatic carbocycles. The maximum Gasteiger partial charge on any atom is 0.202 e. The molecule has 0 spiro atoms. The predicted octanol–water partition coefficient (Wildman–Crippen LogP) is 2.02. The van der Waals surface area contributed by atoms with E-state index in [1.54, 1.807) is 6.20 Å². The first-order valence-electron chi connectivity index (χ1n) is 4.89. The van der Waals surface area contributed by atoms with Crippen LogP contribution in [0.1, 0.15) is 30.3 Å². The summed E-state index contributed by atoms with van der Waals surface area (Å²) < 4.78 is 9.27. The van der Waals surface area contributed by atoms with Gasteiger partial charge >= 0.3 is 0 Å². The molecule has 5 nitrogen and oxygen atoms in total. The Morgan fingerprint density at radius 1 is 1.53 bits per heavy atom. The van der Waals surface area contributed by atoms with E-state index < -0.39 is 0 Å². The second-order valence-corrected chi connectivity index (χ2v) is 4.32. The van der Waals surface area contributed by atoms with Crippen molar-refractivity contribution >= 4 is 16.7 Å². The molecule has 6 heteroatoms. The highest BCUT2D eigenvalue weighted by molar-refractivity contribution is 7.09. The van der Waals surface area contributed by atoms with Crippen molar-refractivity contribution in [3.8, 4) is 0 Å². The highest BCUT2D eigenvalue weighted by atomic mass is 32.1. The van der Waals surface area contributed by atoms with Crippen LogP contribution in [0, 0.1) is 0 Å². The van der Waals surface area contributed by atoms with Crippen LogP contribution in [0.4, 0.5) is 5.13 Å². The molecule has 0 aliphatic heterocycles. The first-order chi connectivity index (χ1) is 7.42. The van der Waals surface area contributed by atoms with Gasteiger partial charge in [0.05, 0.1) is 12.7 Å². The van der Waals surface area contributed by atoms with Crippen LogP contribution in [0.5, 0.6) is 0 Å². The van der Waals surface area contributed by atoms with Gasteiger partial charge in [-0.25, -0.2) is 4.98 Å². The summed E-state index contributed by atoms with van der Waals surface area (Å²) in [6.07, 6.45) is 4.10. The maximum absolute atomic E-state index is 4.97. The van der Waals surface area contributed by atoms with Crippen molar-refractivity contribution in [2.24, 2.45) is 0 Å². The molecule has 15 heavy (non-hydrogen) atoms. The average Bonchev–Trinajstić information content (AvgIpc) is 2.82. The Morgan fingerprint density at radius 3 is 3.20 bits per heavy atom. The van der Waals surface area contributed by atoms with Gasteiger partial charge in [-0.05, 0) is 12.8 Å². The van der Waals surface area contributed by atoms with E-state index in [9.17, 15) is 0 Å². The molecule has 0 saturated heterocycles. The molecular formula is C9H10N4OS.